The average Bonchev–Trinajstić information content (AvgIpc) is 3.39. The number of thiazole rings is 1. The van der Waals surface area contributed by atoms with Crippen LogP contribution in [0.25, 0.3) is 0 Å². The molecule has 0 amide bonds. The first-order valence-electron chi connectivity index (χ1n) is 12.1. The van der Waals surface area contributed by atoms with E-state index in [9.17, 15) is 23.4 Å². The van der Waals surface area contributed by atoms with Crippen molar-refractivity contribution < 1.29 is 32.9 Å². The molecule has 2 atom stereocenters. The van der Waals surface area contributed by atoms with E-state index in [0.717, 1.165) is 17.7 Å². The van der Waals surface area contributed by atoms with E-state index >= 15 is 0 Å². The Morgan fingerprint density at radius 1 is 1.00 bits per heavy atom. The van der Waals surface area contributed by atoms with Crippen LogP contribution in [0.15, 0.2) is 60.0 Å². The van der Waals surface area contributed by atoms with Gasteiger partial charge in [0.2, 0.25) is 0 Å². The highest BCUT2D eigenvalue weighted by molar-refractivity contribution is 7.09. The maximum absolute atomic E-state index is 12.8. The van der Waals surface area contributed by atoms with E-state index in [1.165, 1.54) is 10.9 Å². The monoisotopic (exact) mass is 538 g/mol. The number of benzene rings is 2. The predicted octanol–water partition coefficient (Wildman–Crippen LogP) is 4.76. The van der Waals surface area contributed by atoms with Crippen LogP contribution in [-0.2, 0) is 23.8 Å². The molecule has 0 aliphatic rings. The lowest BCUT2D eigenvalue weighted by atomic mass is 10.0. The number of nitrogens with zero attached hydrogens (tertiary/aromatic N) is 2. The highest BCUT2D eigenvalue weighted by Gasteiger charge is 2.35. The molecule has 0 saturated heterocycles. The van der Waals surface area contributed by atoms with E-state index in [0.29, 0.717) is 37.6 Å². The van der Waals surface area contributed by atoms with E-state index in [2.05, 4.69) is 17.1 Å². The molecular weight excluding hydrogens is 505 g/mol. The highest BCUT2D eigenvalue weighted by Crippen LogP contribution is 2.33. The molecule has 0 bridgehead atoms. The van der Waals surface area contributed by atoms with Crippen LogP contribution >= 0.6 is 11.3 Å². The molecule has 0 aliphatic heterocycles. The molecule has 0 fully saturated rings. The quantitative estimate of drug-likeness (QED) is 0.272. The highest BCUT2D eigenvalue weighted by atomic mass is 32.1. The Morgan fingerprint density at radius 2 is 1.73 bits per heavy atom. The van der Waals surface area contributed by atoms with E-state index in [1.54, 1.807) is 0 Å². The lowest BCUT2D eigenvalue weighted by Gasteiger charge is -2.30. The second-order valence-corrected chi connectivity index (χ2v) is 9.56. The molecular formula is C27H33F3N2O4S. The largest absolute Gasteiger partial charge is 0.491 e. The SMILES string of the molecule is CC(Cc1ccc(OCCOCCc2ccccc2)cc1)N(CCO)CC(O)c1csc(C(F)(F)F)n1. The number of rotatable bonds is 15. The third-order valence-electron chi connectivity index (χ3n) is 5.85. The van der Waals surface area contributed by atoms with Crippen molar-refractivity contribution in [3.05, 3.63) is 81.8 Å². The molecule has 1 heterocycles. The Labute approximate surface area is 219 Å². The molecule has 202 valence electrons. The van der Waals surface area contributed by atoms with Gasteiger partial charge in [0.25, 0.3) is 0 Å². The Balaban J connectivity index is 1.42. The van der Waals surface area contributed by atoms with Crippen LogP contribution in [0.5, 0.6) is 5.75 Å². The zero-order chi connectivity index (χ0) is 26.7. The van der Waals surface area contributed by atoms with Crippen LogP contribution in [-0.4, -0.2) is 65.7 Å². The van der Waals surface area contributed by atoms with Gasteiger partial charge in [-0.3, -0.25) is 4.90 Å². The molecule has 2 N–H and O–H groups in total. The lowest BCUT2D eigenvalue weighted by Crippen LogP contribution is -2.39. The van der Waals surface area contributed by atoms with Crippen molar-refractivity contribution in [3.8, 4) is 5.75 Å². The molecule has 2 unspecified atom stereocenters. The predicted molar refractivity (Wildman–Crippen MR) is 137 cm³/mol. The summed E-state index contributed by atoms with van der Waals surface area (Å²) >= 11 is 0.462. The molecule has 3 rings (SSSR count). The first-order chi connectivity index (χ1) is 17.8. The zero-order valence-corrected chi connectivity index (χ0v) is 21.5. The molecule has 0 saturated carbocycles. The van der Waals surface area contributed by atoms with Gasteiger partial charge in [-0.05, 0) is 43.0 Å². The maximum Gasteiger partial charge on any atom is 0.443 e. The number of hydrogen-bond donors (Lipinski definition) is 2. The number of aliphatic hydroxyl groups excluding tert-OH is 2. The molecule has 0 radical (unpaired) electrons. The molecule has 10 heteroatoms. The minimum Gasteiger partial charge on any atom is -0.491 e. The van der Waals surface area contributed by atoms with Crippen molar-refractivity contribution in [2.75, 3.05) is 39.5 Å². The van der Waals surface area contributed by atoms with Crippen LogP contribution in [0.4, 0.5) is 13.2 Å². The molecule has 1 aromatic heterocycles. The van der Waals surface area contributed by atoms with Crippen molar-refractivity contribution >= 4 is 11.3 Å². The smallest absolute Gasteiger partial charge is 0.443 e. The Hall–Kier alpha value is -2.50. The van der Waals surface area contributed by atoms with Gasteiger partial charge >= 0.3 is 6.18 Å². The van der Waals surface area contributed by atoms with Crippen LogP contribution in [0.2, 0.25) is 0 Å². The molecule has 0 aliphatic carbocycles. The summed E-state index contributed by atoms with van der Waals surface area (Å²) in [5.74, 6) is 0.731. The van der Waals surface area contributed by atoms with E-state index in [1.807, 2.05) is 54.3 Å². The van der Waals surface area contributed by atoms with Gasteiger partial charge in [-0.15, -0.1) is 11.3 Å². The summed E-state index contributed by atoms with van der Waals surface area (Å²) in [7, 11) is 0. The second-order valence-electron chi connectivity index (χ2n) is 8.70. The average molecular weight is 539 g/mol. The van der Waals surface area contributed by atoms with Gasteiger partial charge in [0, 0.05) is 24.5 Å². The Morgan fingerprint density at radius 3 is 2.38 bits per heavy atom. The number of halogens is 3. The minimum atomic E-state index is -4.54. The van der Waals surface area contributed by atoms with Crippen molar-refractivity contribution in [1.82, 2.24) is 9.88 Å². The molecule has 37 heavy (non-hydrogen) atoms. The molecule has 3 aromatic rings. The summed E-state index contributed by atoms with van der Waals surface area (Å²) in [5.41, 5.74) is 2.25. The molecule has 0 spiro atoms. The summed E-state index contributed by atoms with van der Waals surface area (Å²) in [6.07, 6.45) is -4.24. The number of ether oxygens (including phenoxy) is 2. The molecule has 2 aromatic carbocycles. The van der Waals surface area contributed by atoms with Crippen molar-refractivity contribution in [2.45, 2.75) is 38.1 Å². The lowest BCUT2D eigenvalue weighted by molar-refractivity contribution is -0.137. The minimum absolute atomic E-state index is 0.0157. The summed E-state index contributed by atoms with van der Waals surface area (Å²) in [6.45, 7) is 3.72. The van der Waals surface area contributed by atoms with Crippen LogP contribution in [0.3, 0.4) is 0 Å². The van der Waals surface area contributed by atoms with Crippen molar-refractivity contribution in [2.24, 2.45) is 0 Å². The third-order valence-corrected chi connectivity index (χ3v) is 6.76. The van der Waals surface area contributed by atoms with E-state index in [-0.39, 0.29) is 31.4 Å². The number of aliphatic hydroxyl groups is 2. The number of aromatic nitrogens is 1. The van der Waals surface area contributed by atoms with Crippen molar-refractivity contribution in [3.63, 3.8) is 0 Å². The van der Waals surface area contributed by atoms with Gasteiger partial charge in [0.15, 0.2) is 5.01 Å². The van der Waals surface area contributed by atoms with Gasteiger partial charge < -0.3 is 19.7 Å². The summed E-state index contributed by atoms with van der Waals surface area (Å²) < 4.78 is 49.9. The van der Waals surface area contributed by atoms with Crippen LogP contribution < -0.4 is 4.74 Å². The van der Waals surface area contributed by atoms with Gasteiger partial charge in [-0.25, -0.2) is 4.98 Å². The van der Waals surface area contributed by atoms with E-state index < -0.39 is 17.3 Å². The van der Waals surface area contributed by atoms with Gasteiger partial charge in [-0.1, -0.05) is 42.5 Å². The number of alkyl halides is 3. The second kappa shape index (κ2) is 14.4. The Bertz CT molecular complexity index is 1050. The zero-order valence-electron chi connectivity index (χ0n) is 20.7. The maximum atomic E-state index is 12.8. The topological polar surface area (TPSA) is 75.1 Å². The van der Waals surface area contributed by atoms with E-state index in [4.69, 9.17) is 9.47 Å². The van der Waals surface area contributed by atoms with Gasteiger partial charge in [0.1, 0.15) is 18.5 Å². The Kier molecular flexibility index (Phi) is 11.3. The number of hydrogen-bond acceptors (Lipinski definition) is 7. The van der Waals surface area contributed by atoms with Gasteiger partial charge in [-0.2, -0.15) is 13.2 Å². The standard InChI is InChI=1S/C27H33F3N2O4S/c1-20(32(12-13-33)18-25(34)24-19-37-26(31-24)27(28,29)30)17-22-7-9-23(10-8-22)36-16-15-35-14-11-21-5-3-2-4-6-21/h2-10,19-20,25,33-34H,11-18H2,1H3. The first-order valence-corrected chi connectivity index (χ1v) is 13.0. The fourth-order valence-corrected chi connectivity index (χ4v) is 4.59. The van der Waals surface area contributed by atoms with Crippen LogP contribution in [0.1, 0.15) is 34.9 Å². The van der Waals surface area contributed by atoms with Gasteiger partial charge in [0.05, 0.1) is 25.5 Å². The fraction of sp³-hybridized carbons (Fsp3) is 0.444. The normalized spacial score (nSPS) is 13.6. The molecule has 6 nitrogen and oxygen atoms in total. The summed E-state index contributed by atoms with van der Waals surface area (Å²) in [5, 5.41) is 20.2. The van der Waals surface area contributed by atoms with Crippen molar-refractivity contribution in [1.29, 1.82) is 0 Å². The van der Waals surface area contributed by atoms with Crippen LogP contribution in [0, 0.1) is 0 Å². The first kappa shape index (κ1) is 29.1. The fourth-order valence-electron chi connectivity index (χ4n) is 3.85. The summed E-state index contributed by atoms with van der Waals surface area (Å²) in [4.78, 5) is 5.38. The third kappa shape index (κ3) is 9.71. The summed E-state index contributed by atoms with van der Waals surface area (Å²) in [6, 6.07) is 17.7.